The van der Waals surface area contributed by atoms with Crippen LogP contribution in [0.25, 0.3) is 11.3 Å². The molecule has 4 N–H and O–H groups in total. The minimum Gasteiger partial charge on any atom is -0.507 e. The summed E-state index contributed by atoms with van der Waals surface area (Å²) < 4.78 is 0.793. The number of nitrogens with two attached hydrogens (primary N) is 1. The zero-order valence-corrected chi connectivity index (χ0v) is 8.75. The molecule has 72 valence electrons. The van der Waals surface area contributed by atoms with Gasteiger partial charge in [0.25, 0.3) is 0 Å². The quantitative estimate of drug-likeness (QED) is 0.729. The second-order valence-electron chi connectivity index (χ2n) is 2.84. The molecule has 0 fully saturated rings. The van der Waals surface area contributed by atoms with Crippen LogP contribution < -0.4 is 5.73 Å². The first-order valence-electron chi connectivity index (χ1n) is 3.97. The molecule has 0 atom stereocenters. The molecule has 0 bridgehead atoms. The average Bonchev–Trinajstić information content (AvgIpc) is 2.51. The van der Waals surface area contributed by atoms with Crippen LogP contribution in [-0.4, -0.2) is 15.3 Å². The predicted molar refractivity (Wildman–Crippen MR) is 57.8 cm³/mol. The first kappa shape index (κ1) is 9.08. The van der Waals surface area contributed by atoms with Crippen LogP contribution in [0.5, 0.6) is 5.75 Å². The van der Waals surface area contributed by atoms with E-state index >= 15 is 0 Å². The van der Waals surface area contributed by atoms with Crippen molar-refractivity contribution < 1.29 is 5.11 Å². The summed E-state index contributed by atoms with van der Waals surface area (Å²) in [5.74, 6) is 0.582. The van der Waals surface area contributed by atoms with Crippen LogP contribution in [0.4, 0.5) is 5.82 Å². The Hall–Kier alpha value is -1.49. The molecule has 0 spiro atoms. The number of H-pyrrole nitrogens is 1. The van der Waals surface area contributed by atoms with Crippen LogP contribution in [0.3, 0.4) is 0 Å². The van der Waals surface area contributed by atoms with Crippen LogP contribution in [0.1, 0.15) is 0 Å². The standard InChI is InChI=1S/C9H8BrN3O/c10-5-2-1-3-7(14)9(5)6-4-8(11)13-12-6/h1-4,14H,(H3,11,12,13). The molecule has 0 aliphatic carbocycles. The van der Waals surface area contributed by atoms with Gasteiger partial charge >= 0.3 is 0 Å². The van der Waals surface area contributed by atoms with Crippen molar-refractivity contribution in [3.8, 4) is 17.0 Å². The molecule has 0 radical (unpaired) electrons. The Morgan fingerprint density at radius 2 is 2.21 bits per heavy atom. The first-order chi connectivity index (χ1) is 6.68. The van der Waals surface area contributed by atoms with Gasteiger partial charge in [-0.25, -0.2) is 0 Å². The number of rotatable bonds is 1. The maximum atomic E-state index is 9.64. The number of nitrogens with one attached hydrogen (secondary N) is 1. The molecule has 14 heavy (non-hydrogen) atoms. The molecule has 0 amide bonds. The number of nitrogen functional groups attached to an aromatic ring is 1. The number of aromatic amines is 1. The summed E-state index contributed by atoms with van der Waals surface area (Å²) in [6.07, 6.45) is 0. The van der Waals surface area contributed by atoms with Crippen molar-refractivity contribution in [3.63, 3.8) is 0 Å². The lowest BCUT2D eigenvalue weighted by Crippen LogP contribution is -1.81. The minimum atomic E-state index is 0.183. The van der Waals surface area contributed by atoms with Crippen molar-refractivity contribution in [1.29, 1.82) is 0 Å². The Kier molecular flexibility index (Phi) is 2.17. The first-order valence-corrected chi connectivity index (χ1v) is 4.76. The fraction of sp³-hybridized carbons (Fsp3) is 0. The van der Waals surface area contributed by atoms with Crippen molar-refractivity contribution in [1.82, 2.24) is 10.2 Å². The number of hydrogen-bond donors (Lipinski definition) is 3. The van der Waals surface area contributed by atoms with Crippen LogP contribution in [0.2, 0.25) is 0 Å². The Morgan fingerprint density at radius 3 is 2.79 bits per heavy atom. The second-order valence-corrected chi connectivity index (χ2v) is 3.69. The third-order valence-electron chi connectivity index (χ3n) is 1.86. The summed E-state index contributed by atoms with van der Waals surface area (Å²) in [5.41, 5.74) is 6.83. The van der Waals surface area contributed by atoms with Crippen LogP contribution in [0, 0.1) is 0 Å². The van der Waals surface area contributed by atoms with E-state index in [1.807, 2.05) is 6.07 Å². The molecule has 1 aromatic carbocycles. The molecule has 0 saturated heterocycles. The van der Waals surface area contributed by atoms with Gasteiger partial charge in [0.1, 0.15) is 11.6 Å². The number of nitrogens with zero attached hydrogens (tertiary/aromatic N) is 1. The Morgan fingerprint density at radius 1 is 1.43 bits per heavy atom. The molecule has 1 heterocycles. The predicted octanol–water partition coefficient (Wildman–Crippen LogP) is 2.13. The number of benzene rings is 1. The molecule has 0 aliphatic rings. The third-order valence-corrected chi connectivity index (χ3v) is 2.52. The number of aromatic hydroxyl groups is 1. The van der Waals surface area contributed by atoms with Gasteiger partial charge in [-0.05, 0) is 28.1 Å². The fourth-order valence-corrected chi connectivity index (χ4v) is 1.81. The van der Waals surface area contributed by atoms with Gasteiger partial charge in [-0.2, -0.15) is 5.10 Å². The van der Waals surface area contributed by atoms with E-state index in [0.717, 1.165) is 4.47 Å². The van der Waals surface area contributed by atoms with E-state index in [1.165, 1.54) is 0 Å². The average molecular weight is 254 g/mol. The number of halogens is 1. The molecule has 4 nitrogen and oxygen atoms in total. The van der Waals surface area contributed by atoms with Gasteiger partial charge in [-0.3, -0.25) is 5.10 Å². The lowest BCUT2D eigenvalue weighted by molar-refractivity contribution is 0.477. The van der Waals surface area contributed by atoms with Crippen LogP contribution >= 0.6 is 15.9 Å². The van der Waals surface area contributed by atoms with E-state index in [0.29, 0.717) is 17.1 Å². The van der Waals surface area contributed by atoms with E-state index in [2.05, 4.69) is 26.1 Å². The lowest BCUT2D eigenvalue weighted by atomic mass is 10.1. The SMILES string of the molecule is Nc1cc(-c2c(O)cccc2Br)[nH]n1. The van der Waals surface area contributed by atoms with Crippen molar-refractivity contribution in [2.24, 2.45) is 0 Å². The zero-order valence-electron chi connectivity index (χ0n) is 7.16. The third kappa shape index (κ3) is 1.46. The van der Waals surface area contributed by atoms with E-state index in [9.17, 15) is 5.11 Å². The molecule has 2 rings (SSSR count). The highest BCUT2D eigenvalue weighted by Crippen LogP contribution is 2.34. The Bertz CT molecular complexity index is 447. The Balaban J connectivity index is 2.61. The van der Waals surface area contributed by atoms with Gasteiger partial charge < -0.3 is 10.8 Å². The minimum absolute atomic E-state index is 0.183. The van der Waals surface area contributed by atoms with E-state index in [-0.39, 0.29) is 5.75 Å². The summed E-state index contributed by atoms with van der Waals surface area (Å²) in [5, 5.41) is 16.2. The van der Waals surface area contributed by atoms with Gasteiger partial charge in [-0.15, -0.1) is 0 Å². The number of phenols is 1. The summed E-state index contributed by atoms with van der Waals surface area (Å²) in [6, 6.07) is 6.87. The van der Waals surface area contributed by atoms with E-state index < -0.39 is 0 Å². The van der Waals surface area contributed by atoms with Gasteiger partial charge in [0, 0.05) is 10.5 Å². The molecule has 5 heteroatoms. The molecule has 1 aromatic heterocycles. The number of hydrogen-bond acceptors (Lipinski definition) is 3. The van der Waals surface area contributed by atoms with E-state index in [1.54, 1.807) is 18.2 Å². The Labute approximate surface area is 88.9 Å². The molecule has 0 aliphatic heterocycles. The van der Waals surface area contributed by atoms with Crippen LogP contribution in [-0.2, 0) is 0 Å². The zero-order chi connectivity index (χ0) is 10.1. The summed E-state index contributed by atoms with van der Waals surface area (Å²) >= 11 is 3.34. The normalized spacial score (nSPS) is 10.4. The lowest BCUT2D eigenvalue weighted by Gasteiger charge is -2.03. The maximum Gasteiger partial charge on any atom is 0.145 e. The summed E-state index contributed by atoms with van der Waals surface area (Å²) in [7, 11) is 0. The van der Waals surface area contributed by atoms with E-state index in [4.69, 9.17) is 5.73 Å². The van der Waals surface area contributed by atoms with Gasteiger partial charge in [0.05, 0.1) is 11.3 Å². The largest absolute Gasteiger partial charge is 0.507 e. The van der Waals surface area contributed by atoms with Gasteiger partial charge in [0.2, 0.25) is 0 Å². The highest BCUT2D eigenvalue weighted by Gasteiger charge is 2.10. The fourth-order valence-electron chi connectivity index (χ4n) is 1.24. The van der Waals surface area contributed by atoms with Gasteiger partial charge in [-0.1, -0.05) is 6.07 Å². The second kappa shape index (κ2) is 3.34. The summed E-state index contributed by atoms with van der Waals surface area (Å²) in [6.45, 7) is 0. The highest BCUT2D eigenvalue weighted by atomic mass is 79.9. The molecular formula is C9H8BrN3O. The molecular weight excluding hydrogens is 246 g/mol. The van der Waals surface area contributed by atoms with Crippen molar-refractivity contribution in [2.45, 2.75) is 0 Å². The monoisotopic (exact) mass is 253 g/mol. The van der Waals surface area contributed by atoms with Crippen molar-refractivity contribution in [3.05, 3.63) is 28.7 Å². The molecule has 0 saturated carbocycles. The molecule has 2 aromatic rings. The number of anilines is 1. The van der Waals surface area contributed by atoms with Crippen LogP contribution in [0.15, 0.2) is 28.7 Å². The van der Waals surface area contributed by atoms with Crippen molar-refractivity contribution >= 4 is 21.7 Å². The maximum absolute atomic E-state index is 9.64. The summed E-state index contributed by atoms with van der Waals surface area (Å²) in [4.78, 5) is 0. The smallest absolute Gasteiger partial charge is 0.145 e. The number of aromatic nitrogens is 2. The van der Waals surface area contributed by atoms with Crippen molar-refractivity contribution in [2.75, 3.05) is 5.73 Å². The number of phenolic OH excluding ortho intramolecular Hbond substituents is 1. The highest BCUT2D eigenvalue weighted by molar-refractivity contribution is 9.10. The molecule has 0 unspecified atom stereocenters. The van der Waals surface area contributed by atoms with Gasteiger partial charge in [0.15, 0.2) is 0 Å². The topological polar surface area (TPSA) is 74.9 Å².